The Labute approximate surface area is 112 Å². The van der Waals surface area contributed by atoms with Gasteiger partial charge < -0.3 is 11.1 Å². The molecule has 0 atom stereocenters. The molecule has 2 aromatic rings. The smallest absolute Gasteiger partial charge is 0.269 e. The molecule has 3 N–H and O–H groups in total. The lowest BCUT2D eigenvalue weighted by molar-refractivity contribution is 0.0925. The molecule has 3 rings (SSSR count). The van der Waals surface area contributed by atoms with Crippen molar-refractivity contribution in [3.63, 3.8) is 0 Å². The Morgan fingerprint density at radius 2 is 2.05 bits per heavy atom. The van der Waals surface area contributed by atoms with Gasteiger partial charge in [-0.05, 0) is 31.4 Å². The largest absolute Gasteiger partial charge is 0.349 e. The maximum absolute atomic E-state index is 12.0. The third-order valence-corrected chi connectivity index (χ3v) is 3.78. The molecular formula is C15H17N3O. The van der Waals surface area contributed by atoms with E-state index < -0.39 is 0 Å². The lowest BCUT2D eigenvalue weighted by atomic mass is 9.78. The number of pyridine rings is 1. The molecule has 0 saturated heterocycles. The Bertz CT molecular complexity index is 620. The third kappa shape index (κ3) is 2.44. The molecule has 98 valence electrons. The van der Waals surface area contributed by atoms with Crippen molar-refractivity contribution in [2.45, 2.75) is 24.8 Å². The second kappa shape index (κ2) is 4.63. The average molecular weight is 255 g/mol. The first-order chi connectivity index (χ1) is 9.16. The topological polar surface area (TPSA) is 68.0 Å². The number of rotatable bonds is 3. The Hall–Kier alpha value is -1.94. The van der Waals surface area contributed by atoms with Gasteiger partial charge in [0.1, 0.15) is 5.69 Å². The Kier molecular flexibility index (Phi) is 2.95. The SMILES string of the molecule is NC1(CNC(=O)c2ccc3ccccc3n2)CCC1. The van der Waals surface area contributed by atoms with Gasteiger partial charge in [-0.3, -0.25) is 4.79 Å². The summed E-state index contributed by atoms with van der Waals surface area (Å²) in [6.07, 6.45) is 3.12. The first-order valence-electron chi connectivity index (χ1n) is 6.59. The summed E-state index contributed by atoms with van der Waals surface area (Å²) in [5, 5.41) is 3.92. The van der Waals surface area contributed by atoms with Gasteiger partial charge in [0, 0.05) is 17.5 Å². The van der Waals surface area contributed by atoms with Gasteiger partial charge in [0.25, 0.3) is 5.91 Å². The molecule has 1 heterocycles. The van der Waals surface area contributed by atoms with Gasteiger partial charge in [-0.2, -0.15) is 0 Å². The first-order valence-corrected chi connectivity index (χ1v) is 6.59. The van der Waals surface area contributed by atoms with E-state index >= 15 is 0 Å². The second-order valence-electron chi connectivity index (χ2n) is 5.29. The number of nitrogens with one attached hydrogen (secondary N) is 1. The highest BCUT2D eigenvalue weighted by Gasteiger charge is 2.32. The molecule has 19 heavy (non-hydrogen) atoms. The number of nitrogens with two attached hydrogens (primary N) is 1. The fourth-order valence-electron chi connectivity index (χ4n) is 2.35. The molecule has 1 aliphatic carbocycles. The maximum atomic E-state index is 12.0. The predicted octanol–water partition coefficient (Wildman–Crippen LogP) is 1.85. The molecule has 1 aromatic heterocycles. The molecule has 1 aliphatic rings. The molecule has 0 unspecified atom stereocenters. The van der Waals surface area contributed by atoms with Gasteiger partial charge in [-0.1, -0.05) is 24.3 Å². The van der Waals surface area contributed by atoms with Crippen molar-refractivity contribution in [3.05, 3.63) is 42.1 Å². The number of carbonyl (C=O) groups excluding carboxylic acids is 1. The zero-order chi connectivity index (χ0) is 13.3. The molecule has 4 heteroatoms. The lowest BCUT2D eigenvalue weighted by Gasteiger charge is -2.38. The zero-order valence-electron chi connectivity index (χ0n) is 10.7. The number of benzene rings is 1. The van der Waals surface area contributed by atoms with E-state index in [1.165, 1.54) is 0 Å². The van der Waals surface area contributed by atoms with Crippen molar-refractivity contribution >= 4 is 16.8 Å². The maximum Gasteiger partial charge on any atom is 0.269 e. The number of para-hydroxylation sites is 1. The van der Waals surface area contributed by atoms with E-state index in [1.807, 2.05) is 30.3 Å². The summed E-state index contributed by atoms with van der Waals surface area (Å²) in [5.74, 6) is -0.150. The van der Waals surface area contributed by atoms with Crippen molar-refractivity contribution in [2.75, 3.05) is 6.54 Å². The molecule has 1 saturated carbocycles. The predicted molar refractivity (Wildman–Crippen MR) is 74.8 cm³/mol. The van der Waals surface area contributed by atoms with E-state index in [-0.39, 0.29) is 11.4 Å². The van der Waals surface area contributed by atoms with Gasteiger partial charge in [0.05, 0.1) is 5.52 Å². The number of hydrogen-bond donors (Lipinski definition) is 2. The number of nitrogens with zero attached hydrogens (tertiary/aromatic N) is 1. The van der Waals surface area contributed by atoms with Gasteiger partial charge >= 0.3 is 0 Å². The van der Waals surface area contributed by atoms with E-state index in [9.17, 15) is 4.79 Å². The highest BCUT2D eigenvalue weighted by atomic mass is 16.1. The van der Waals surface area contributed by atoms with Crippen LogP contribution in [0.1, 0.15) is 29.8 Å². The molecule has 0 bridgehead atoms. The molecular weight excluding hydrogens is 238 g/mol. The van der Waals surface area contributed by atoms with Crippen LogP contribution in [0.4, 0.5) is 0 Å². The summed E-state index contributed by atoms with van der Waals surface area (Å²) in [4.78, 5) is 16.4. The Balaban J connectivity index is 1.74. The molecule has 4 nitrogen and oxygen atoms in total. The minimum atomic E-state index is -0.202. The van der Waals surface area contributed by atoms with Gasteiger partial charge in [0.2, 0.25) is 0 Å². The Morgan fingerprint density at radius 1 is 1.26 bits per heavy atom. The standard InChI is InChI=1S/C15H17N3O/c16-15(8-3-9-15)10-17-14(19)13-7-6-11-4-1-2-5-12(11)18-13/h1-2,4-7H,3,8-10,16H2,(H,17,19). The molecule has 0 aliphatic heterocycles. The van der Waals surface area contributed by atoms with E-state index in [1.54, 1.807) is 6.07 Å². The first kappa shape index (κ1) is 12.1. The second-order valence-corrected chi connectivity index (χ2v) is 5.29. The van der Waals surface area contributed by atoms with E-state index in [4.69, 9.17) is 5.73 Å². The van der Waals surface area contributed by atoms with Crippen molar-refractivity contribution in [2.24, 2.45) is 5.73 Å². The van der Waals surface area contributed by atoms with Crippen molar-refractivity contribution in [1.82, 2.24) is 10.3 Å². The van der Waals surface area contributed by atoms with Crippen LogP contribution in [-0.2, 0) is 0 Å². The molecule has 0 spiro atoms. The van der Waals surface area contributed by atoms with Crippen LogP contribution < -0.4 is 11.1 Å². The minimum absolute atomic E-state index is 0.150. The molecule has 0 radical (unpaired) electrons. The number of fused-ring (bicyclic) bond motifs is 1. The third-order valence-electron chi connectivity index (χ3n) is 3.78. The quantitative estimate of drug-likeness (QED) is 0.879. The van der Waals surface area contributed by atoms with Crippen molar-refractivity contribution in [1.29, 1.82) is 0 Å². The summed E-state index contributed by atoms with van der Waals surface area (Å²) in [5.41, 5.74) is 7.16. The highest BCUT2D eigenvalue weighted by molar-refractivity contribution is 5.94. The fourth-order valence-corrected chi connectivity index (χ4v) is 2.35. The molecule has 1 aromatic carbocycles. The van der Waals surface area contributed by atoms with Crippen LogP contribution in [0.3, 0.4) is 0 Å². The summed E-state index contributed by atoms with van der Waals surface area (Å²) in [6.45, 7) is 0.528. The van der Waals surface area contributed by atoms with Crippen LogP contribution >= 0.6 is 0 Å². The molecule has 1 amide bonds. The molecule has 1 fully saturated rings. The van der Waals surface area contributed by atoms with Crippen LogP contribution in [0, 0.1) is 0 Å². The van der Waals surface area contributed by atoms with Crippen molar-refractivity contribution in [3.8, 4) is 0 Å². The van der Waals surface area contributed by atoms with E-state index in [2.05, 4.69) is 10.3 Å². The number of hydrogen-bond acceptors (Lipinski definition) is 3. The summed E-state index contributed by atoms with van der Waals surface area (Å²) in [6, 6.07) is 11.4. The summed E-state index contributed by atoms with van der Waals surface area (Å²) in [7, 11) is 0. The fraction of sp³-hybridized carbons (Fsp3) is 0.333. The highest BCUT2D eigenvalue weighted by Crippen LogP contribution is 2.28. The lowest BCUT2D eigenvalue weighted by Crippen LogP contribution is -2.55. The normalized spacial score (nSPS) is 16.9. The van der Waals surface area contributed by atoms with Gasteiger partial charge in [0.15, 0.2) is 0 Å². The number of carbonyl (C=O) groups is 1. The van der Waals surface area contributed by atoms with Crippen LogP contribution in [-0.4, -0.2) is 23.0 Å². The average Bonchev–Trinajstić information content (AvgIpc) is 2.42. The van der Waals surface area contributed by atoms with Gasteiger partial charge in [-0.25, -0.2) is 4.98 Å². The van der Waals surface area contributed by atoms with Gasteiger partial charge in [-0.15, -0.1) is 0 Å². The monoisotopic (exact) mass is 255 g/mol. The minimum Gasteiger partial charge on any atom is -0.349 e. The van der Waals surface area contributed by atoms with Crippen LogP contribution in [0.25, 0.3) is 10.9 Å². The van der Waals surface area contributed by atoms with E-state index in [0.29, 0.717) is 12.2 Å². The van der Waals surface area contributed by atoms with Crippen LogP contribution in [0.5, 0.6) is 0 Å². The number of amides is 1. The van der Waals surface area contributed by atoms with Crippen molar-refractivity contribution < 1.29 is 4.79 Å². The Morgan fingerprint density at radius 3 is 2.79 bits per heavy atom. The van der Waals surface area contributed by atoms with E-state index in [0.717, 1.165) is 30.2 Å². The summed E-state index contributed by atoms with van der Waals surface area (Å²) >= 11 is 0. The van der Waals surface area contributed by atoms with Crippen LogP contribution in [0.2, 0.25) is 0 Å². The van der Waals surface area contributed by atoms with Crippen LogP contribution in [0.15, 0.2) is 36.4 Å². The zero-order valence-corrected chi connectivity index (χ0v) is 10.7. The number of aromatic nitrogens is 1. The summed E-state index contributed by atoms with van der Waals surface area (Å²) < 4.78 is 0.